The molecule has 0 heterocycles. The molecule has 23 heavy (non-hydrogen) atoms. The first-order chi connectivity index (χ1) is 11.0. The fourth-order valence-electron chi connectivity index (χ4n) is 2.37. The van der Waals surface area contributed by atoms with Gasteiger partial charge in [-0.25, -0.2) is 4.39 Å². The summed E-state index contributed by atoms with van der Waals surface area (Å²) in [5.41, 5.74) is 8.05. The number of nitrogens with two attached hydrogens (primary N) is 1. The number of esters is 1. The van der Waals surface area contributed by atoms with Crippen LogP contribution >= 0.6 is 0 Å². The van der Waals surface area contributed by atoms with Crippen LogP contribution in [-0.2, 0) is 16.0 Å². The molecule has 0 saturated carbocycles. The van der Waals surface area contributed by atoms with Crippen molar-refractivity contribution in [3.63, 3.8) is 0 Å². The summed E-state index contributed by atoms with van der Waals surface area (Å²) in [6.07, 6.45) is 0.703. The molecule has 122 valence electrons. The monoisotopic (exact) mass is 317 g/mol. The topological polar surface area (TPSA) is 72.5 Å². The molecule has 1 atom stereocenters. The Bertz CT molecular complexity index is 670. The van der Waals surface area contributed by atoms with E-state index in [1.807, 2.05) is 12.1 Å². The lowest BCUT2D eigenvalue weighted by molar-refractivity contribution is -0.143. The van der Waals surface area contributed by atoms with Crippen molar-refractivity contribution in [2.45, 2.75) is 25.8 Å². The molecule has 5 heteroatoms. The predicted octanol–water partition coefficient (Wildman–Crippen LogP) is 3.02. The van der Waals surface area contributed by atoms with Crippen molar-refractivity contribution in [1.29, 1.82) is 0 Å². The molecule has 0 bridgehead atoms. The van der Waals surface area contributed by atoms with Crippen LogP contribution in [0.2, 0.25) is 0 Å². The number of benzene rings is 2. The lowest BCUT2D eigenvalue weighted by atomic mass is 9.99. The maximum atomic E-state index is 13.3. The highest BCUT2D eigenvalue weighted by molar-refractivity contribution is 5.71. The van der Waals surface area contributed by atoms with Crippen molar-refractivity contribution in [3.8, 4) is 16.9 Å². The first-order valence-electron chi connectivity index (χ1n) is 7.48. The molecule has 2 aromatic rings. The van der Waals surface area contributed by atoms with Crippen LogP contribution in [0.15, 0.2) is 42.5 Å². The minimum Gasteiger partial charge on any atom is -0.507 e. The number of phenolic OH excluding ortho intramolecular Hbond substituents is 1. The van der Waals surface area contributed by atoms with Gasteiger partial charge in [0, 0.05) is 11.6 Å². The number of hydrogen-bond donors (Lipinski definition) is 2. The summed E-state index contributed by atoms with van der Waals surface area (Å²) in [5, 5.41) is 9.81. The zero-order valence-electron chi connectivity index (χ0n) is 13.0. The molecule has 2 aromatic carbocycles. The molecule has 0 aliphatic rings. The molecule has 4 nitrogen and oxygen atoms in total. The Kier molecular flexibility index (Phi) is 5.71. The molecule has 0 aliphatic heterocycles. The first kappa shape index (κ1) is 17.0. The zero-order valence-corrected chi connectivity index (χ0v) is 13.0. The average molecular weight is 317 g/mol. The fraction of sp³-hybridized carbons (Fsp3) is 0.278. The number of ether oxygens (including phenoxy) is 1. The van der Waals surface area contributed by atoms with Crippen LogP contribution in [0.4, 0.5) is 4.39 Å². The number of carbonyl (C=O) groups excluding carboxylic acids is 1. The van der Waals surface area contributed by atoms with Gasteiger partial charge in [-0.3, -0.25) is 4.79 Å². The Balaban J connectivity index is 2.05. The van der Waals surface area contributed by atoms with Crippen molar-refractivity contribution in [2.75, 3.05) is 6.61 Å². The van der Waals surface area contributed by atoms with Crippen LogP contribution in [0.5, 0.6) is 5.75 Å². The molecule has 2 rings (SSSR count). The second kappa shape index (κ2) is 7.74. The molecular formula is C18H20FNO3. The van der Waals surface area contributed by atoms with E-state index in [1.54, 1.807) is 19.1 Å². The van der Waals surface area contributed by atoms with E-state index in [9.17, 15) is 14.3 Å². The lowest BCUT2D eigenvalue weighted by Gasteiger charge is -2.12. The van der Waals surface area contributed by atoms with Crippen molar-refractivity contribution in [1.82, 2.24) is 0 Å². The summed E-state index contributed by atoms with van der Waals surface area (Å²) in [7, 11) is 0. The Morgan fingerprint density at radius 3 is 2.61 bits per heavy atom. The molecular weight excluding hydrogens is 297 g/mol. The number of halogens is 1. The van der Waals surface area contributed by atoms with Crippen LogP contribution < -0.4 is 5.73 Å². The summed E-state index contributed by atoms with van der Waals surface area (Å²) in [5.74, 6) is -0.683. The third kappa shape index (κ3) is 4.79. The lowest BCUT2D eigenvalue weighted by Crippen LogP contribution is -2.27. The van der Waals surface area contributed by atoms with E-state index in [2.05, 4.69) is 0 Å². The largest absolute Gasteiger partial charge is 0.507 e. The molecule has 0 aromatic heterocycles. The van der Waals surface area contributed by atoms with Gasteiger partial charge in [0.15, 0.2) is 0 Å². The van der Waals surface area contributed by atoms with Crippen LogP contribution in [0.1, 0.15) is 18.9 Å². The molecule has 3 N–H and O–H groups in total. The smallest absolute Gasteiger partial charge is 0.307 e. The third-order valence-corrected chi connectivity index (χ3v) is 3.46. The highest BCUT2D eigenvalue weighted by Gasteiger charge is 2.12. The maximum Gasteiger partial charge on any atom is 0.307 e. The van der Waals surface area contributed by atoms with E-state index in [-0.39, 0.29) is 24.2 Å². The Morgan fingerprint density at radius 2 is 1.96 bits per heavy atom. The van der Waals surface area contributed by atoms with E-state index in [0.29, 0.717) is 24.2 Å². The maximum absolute atomic E-state index is 13.3. The van der Waals surface area contributed by atoms with Gasteiger partial charge in [0.2, 0.25) is 0 Å². The number of carbonyl (C=O) groups is 1. The van der Waals surface area contributed by atoms with Gasteiger partial charge in [0.1, 0.15) is 11.6 Å². The summed E-state index contributed by atoms with van der Waals surface area (Å²) in [6, 6.07) is 10.8. The van der Waals surface area contributed by atoms with Gasteiger partial charge < -0.3 is 15.6 Å². The van der Waals surface area contributed by atoms with Crippen molar-refractivity contribution < 1.29 is 19.0 Å². The minimum absolute atomic E-state index is 0.0261. The summed E-state index contributed by atoms with van der Waals surface area (Å²) in [4.78, 5) is 11.4. The molecule has 0 spiro atoms. The normalized spacial score (nSPS) is 12.0. The number of hydrogen-bond acceptors (Lipinski definition) is 4. The quantitative estimate of drug-likeness (QED) is 0.803. The van der Waals surface area contributed by atoms with E-state index in [4.69, 9.17) is 10.5 Å². The molecule has 0 amide bonds. The van der Waals surface area contributed by atoms with Gasteiger partial charge >= 0.3 is 5.97 Å². The Labute approximate surface area is 134 Å². The average Bonchev–Trinajstić information content (AvgIpc) is 2.50. The standard InChI is InChI=1S/C18H20FNO3/c1-2-23-18(22)11-15(20)9-12-3-5-13(6-4-12)16-10-14(19)7-8-17(16)21/h3-8,10,15,21H,2,9,11,20H2,1H3. The van der Waals surface area contributed by atoms with Crippen molar-refractivity contribution >= 4 is 5.97 Å². The fourth-order valence-corrected chi connectivity index (χ4v) is 2.37. The molecule has 1 unspecified atom stereocenters. The number of rotatable bonds is 6. The number of aromatic hydroxyl groups is 1. The summed E-state index contributed by atoms with van der Waals surface area (Å²) >= 11 is 0. The molecule has 0 saturated heterocycles. The van der Waals surface area contributed by atoms with Gasteiger partial charge in [-0.15, -0.1) is 0 Å². The number of phenols is 1. The SMILES string of the molecule is CCOC(=O)CC(N)Cc1ccc(-c2cc(F)ccc2O)cc1. The van der Waals surface area contributed by atoms with Crippen LogP contribution in [0.25, 0.3) is 11.1 Å². The Hall–Kier alpha value is -2.40. The molecule has 0 radical (unpaired) electrons. The van der Waals surface area contributed by atoms with Crippen LogP contribution in [0.3, 0.4) is 0 Å². The van der Waals surface area contributed by atoms with Gasteiger partial charge in [-0.2, -0.15) is 0 Å². The van der Waals surface area contributed by atoms with Crippen LogP contribution in [-0.4, -0.2) is 23.7 Å². The highest BCUT2D eigenvalue weighted by Crippen LogP contribution is 2.29. The molecule has 0 aliphatic carbocycles. The van der Waals surface area contributed by atoms with Gasteiger partial charge in [0.05, 0.1) is 13.0 Å². The summed E-state index contributed by atoms with van der Waals surface area (Å²) < 4.78 is 18.2. The van der Waals surface area contributed by atoms with E-state index in [1.165, 1.54) is 18.2 Å². The predicted molar refractivity (Wildman–Crippen MR) is 86.4 cm³/mol. The third-order valence-electron chi connectivity index (χ3n) is 3.46. The van der Waals surface area contributed by atoms with Gasteiger partial charge in [-0.05, 0) is 42.7 Å². The molecule has 0 fully saturated rings. The van der Waals surface area contributed by atoms with Crippen LogP contribution in [0, 0.1) is 5.82 Å². The van der Waals surface area contributed by atoms with Crippen molar-refractivity contribution in [3.05, 3.63) is 53.8 Å². The highest BCUT2D eigenvalue weighted by atomic mass is 19.1. The van der Waals surface area contributed by atoms with Crippen molar-refractivity contribution in [2.24, 2.45) is 5.73 Å². The Morgan fingerprint density at radius 1 is 1.26 bits per heavy atom. The van der Waals surface area contributed by atoms with E-state index >= 15 is 0 Å². The minimum atomic E-state index is -0.404. The summed E-state index contributed by atoms with van der Waals surface area (Å²) in [6.45, 7) is 2.10. The second-order valence-electron chi connectivity index (χ2n) is 5.33. The first-order valence-corrected chi connectivity index (χ1v) is 7.48. The van der Waals surface area contributed by atoms with Gasteiger partial charge in [0.25, 0.3) is 0 Å². The second-order valence-corrected chi connectivity index (χ2v) is 5.33. The zero-order chi connectivity index (χ0) is 16.8. The van der Waals surface area contributed by atoms with E-state index in [0.717, 1.165) is 5.56 Å². The van der Waals surface area contributed by atoms with Gasteiger partial charge in [-0.1, -0.05) is 24.3 Å². The van der Waals surface area contributed by atoms with E-state index < -0.39 is 5.82 Å².